The lowest BCUT2D eigenvalue weighted by Gasteiger charge is -2.17. The molecular formula is C15H21N5O. The number of nitrogens with one attached hydrogen (secondary N) is 1. The fourth-order valence-corrected chi connectivity index (χ4v) is 2.12. The summed E-state index contributed by atoms with van der Waals surface area (Å²) in [5.74, 6) is -0.0871. The van der Waals surface area contributed by atoms with Gasteiger partial charge in [-0.05, 0) is 18.9 Å². The summed E-state index contributed by atoms with van der Waals surface area (Å²) in [5, 5.41) is 10.8. The molecule has 0 aliphatic carbocycles. The van der Waals surface area contributed by atoms with Gasteiger partial charge in [0.05, 0.1) is 17.9 Å². The molecule has 21 heavy (non-hydrogen) atoms. The molecule has 0 saturated carbocycles. The van der Waals surface area contributed by atoms with Gasteiger partial charge < -0.3 is 11.1 Å². The average molecular weight is 287 g/mol. The molecule has 0 radical (unpaired) electrons. The zero-order chi connectivity index (χ0) is 15.2. The van der Waals surface area contributed by atoms with Crippen molar-refractivity contribution in [3.05, 3.63) is 47.3 Å². The monoisotopic (exact) mass is 287 g/mol. The van der Waals surface area contributed by atoms with E-state index in [1.165, 1.54) is 10.2 Å². The van der Waals surface area contributed by atoms with Crippen LogP contribution in [0.25, 0.3) is 0 Å². The maximum absolute atomic E-state index is 12.1. The molecule has 1 aromatic carbocycles. The van der Waals surface area contributed by atoms with Crippen molar-refractivity contribution in [1.29, 1.82) is 0 Å². The van der Waals surface area contributed by atoms with Crippen LogP contribution in [-0.2, 0) is 17.9 Å². The number of hydrogen-bond acceptors (Lipinski definition) is 4. The van der Waals surface area contributed by atoms with E-state index in [0.717, 1.165) is 12.0 Å². The number of nitrogens with zero attached hydrogens (tertiary/aromatic N) is 3. The van der Waals surface area contributed by atoms with Crippen molar-refractivity contribution < 1.29 is 4.79 Å². The van der Waals surface area contributed by atoms with Crippen LogP contribution in [0.3, 0.4) is 0 Å². The van der Waals surface area contributed by atoms with Gasteiger partial charge in [-0.3, -0.25) is 4.79 Å². The third-order valence-corrected chi connectivity index (χ3v) is 3.32. The lowest BCUT2D eigenvalue weighted by atomic mass is 10.0. The van der Waals surface area contributed by atoms with Crippen LogP contribution in [0.4, 0.5) is 0 Å². The molecular weight excluding hydrogens is 266 g/mol. The summed E-state index contributed by atoms with van der Waals surface area (Å²) in [6, 6.07) is 8.21. The van der Waals surface area contributed by atoms with Gasteiger partial charge in [-0.2, -0.15) is 0 Å². The molecule has 3 N–H and O–H groups in total. The molecule has 0 aliphatic rings. The average Bonchev–Trinajstić information content (AvgIpc) is 2.93. The number of nitrogens with two attached hydrogens (primary N) is 1. The number of amides is 1. The third-order valence-electron chi connectivity index (χ3n) is 3.32. The van der Waals surface area contributed by atoms with Crippen LogP contribution in [0, 0.1) is 6.92 Å². The highest BCUT2D eigenvalue weighted by Gasteiger charge is 2.13. The Morgan fingerprint density at radius 1 is 1.38 bits per heavy atom. The molecule has 1 aromatic heterocycles. The van der Waals surface area contributed by atoms with Gasteiger partial charge in [0.2, 0.25) is 5.91 Å². The smallest absolute Gasteiger partial charge is 0.242 e. The fourth-order valence-electron chi connectivity index (χ4n) is 2.12. The Bertz CT molecular complexity index is 590. The number of aryl methyl sites for hydroxylation is 1. The molecule has 0 fully saturated rings. The zero-order valence-corrected chi connectivity index (χ0v) is 12.4. The fraction of sp³-hybridized carbons (Fsp3) is 0.400. The molecule has 1 amide bonds. The van der Waals surface area contributed by atoms with E-state index in [0.29, 0.717) is 12.2 Å². The van der Waals surface area contributed by atoms with Crippen molar-refractivity contribution in [2.24, 2.45) is 5.73 Å². The van der Waals surface area contributed by atoms with Gasteiger partial charge in [0.25, 0.3) is 0 Å². The van der Waals surface area contributed by atoms with E-state index >= 15 is 0 Å². The molecule has 0 bridgehead atoms. The Hall–Kier alpha value is -2.21. The molecule has 6 heteroatoms. The topological polar surface area (TPSA) is 85.8 Å². The van der Waals surface area contributed by atoms with Crippen LogP contribution in [0.15, 0.2) is 30.5 Å². The number of carbonyl (C=O) groups excluding carboxylic acids is 1. The predicted molar refractivity (Wildman–Crippen MR) is 80.3 cm³/mol. The minimum Gasteiger partial charge on any atom is -0.348 e. The van der Waals surface area contributed by atoms with Gasteiger partial charge in [-0.15, -0.1) is 5.10 Å². The number of rotatable bonds is 6. The van der Waals surface area contributed by atoms with E-state index in [9.17, 15) is 4.79 Å². The first-order chi connectivity index (χ1) is 10.1. The van der Waals surface area contributed by atoms with Crippen LogP contribution in [0.1, 0.15) is 36.2 Å². The Labute approximate surface area is 124 Å². The van der Waals surface area contributed by atoms with Crippen LogP contribution >= 0.6 is 0 Å². The lowest BCUT2D eigenvalue weighted by molar-refractivity contribution is -0.122. The van der Waals surface area contributed by atoms with Crippen molar-refractivity contribution in [1.82, 2.24) is 20.3 Å². The van der Waals surface area contributed by atoms with Crippen molar-refractivity contribution in [2.75, 3.05) is 0 Å². The summed E-state index contributed by atoms with van der Waals surface area (Å²) in [4.78, 5) is 12.1. The minimum atomic E-state index is -0.0871. The van der Waals surface area contributed by atoms with Crippen molar-refractivity contribution in [3.8, 4) is 0 Å². The van der Waals surface area contributed by atoms with E-state index in [1.54, 1.807) is 6.20 Å². The first-order valence-corrected chi connectivity index (χ1v) is 7.07. The van der Waals surface area contributed by atoms with Crippen molar-refractivity contribution >= 4 is 5.91 Å². The summed E-state index contributed by atoms with van der Waals surface area (Å²) < 4.78 is 1.50. The number of hydrogen-bond donors (Lipinski definition) is 2. The molecule has 1 unspecified atom stereocenters. The second-order valence-corrected chi connectivity index (χ2v) is 5.05. The van der Waals surface area contributed by atoms with E-state index in [-0.39, 0.29) is 18.5 Å². The van der Waals surface area contributed by atoms with Crippen molar-refractivity contribution in [2.45, 2.75) is 39.4 Å². The molecule has 1 atom stereocenters. The summed E-state index contributed by atoms with van der Waals surface area (Å²) in [6.45, 7) is 4.56. The van der Waals surface area contributed by atoms with Crippen LogP contribution < -0.4 is 11.1 Å². The van der Waals surface area contributed by atoms with Crippen LogP contribution in [0.5, 0.6) is 0 Å². The highest BCUT2D eigenvalue weighted by Crippen LogP contribution is 2.17. The van der Waals surface area contributed by atoms with Gasteiger partial charge in [0, 0.05) is 6.54 Å². The summed E-state index contributed by atoms with van der Waals surface area (Å²) in [7, 11) is 0. The van der Waals surface area contributed by atoms with Gasteiger partial charge in [0.1, 0.15) is 6.54 Å². The minimum absolute atomic E-state index is 0.00982. The van der Waals surface area contributed by atoms with E-state index in [4.69, 9.17) is 5.73 Å². The zero-order valence-electron chi connectivity index (χ0n) is 12.4. The molecule has 2 aromatic rings. The maximum atomic E-state index is 12.1. The lowest BCUT2D eigenvalue weighted by Crippen LogP contribution is -2.31. The van der Waals surface area contributed by atoms with E-state index < -0.39 is 0 Å². The molecule has 6 nitrogen and oxygen atoms in total. The van der Waals surface area contributed by atoms with Gasteiger partial charge in [0.15, 0.2) is 0 Å². The third kappa shape index (κ3) is 4.13. The number of benzene rings is 1. The molecule has 0 aliphatic heterocycles. The van der Waals surface area contributed by atoms with Crippen molar-refractivity contribution in [3.63, 3.8) is 0 Å². The largest absolute Gasteiger partial charge is 0.348 e. The molecule has 112 valence electrons. The Kier molecular flexibility index (Phi) is 5.05. The molecule has 0 spiro atoms. The number of aromatic nitrogens is 3. The highest BCUT2D eigenvalue weighted by atomic mass is 16.2. The first-order valence-electron chi connectivity index (χ1n) is 7.07. The Morgan fingerprint density at radius 3 is 2.67 bits per heavy atom. The highest BCUT2D eigenvalue weighted by molar-refractivity contribution is 5.76. The summed E-state index contributed by atoms with van der Waals surface area (Å²) in [6.07, 6.45) is 2.52. The first kappa shape index (κ1) is 15.2. The molecule has 0 saturated heterocycles. The second kappa shape index (κ2) is 6.99. The van der Waals surface area contributed by atoms with Gasteiger partial charge in [-0.1, -0.05) is 42.0 Å². The van der Waals surface area contributed by atoms with E-state index in [2.05, 4.69) is 27.8 Å². The summed E-state index contributed by atoms with van der Waals surface area (Å²) >= 11 is 0. The maximum Gasteiger partial charge on any atom is 0.242 e. The van der Waals surface area contributed by atoms with Gasteiger partial charge in [-0.25, -0.2) is 4.68 Å². The Morgan fingerprint density at radius 2 is 2.10 bits per heavy atom. The normalized spacial score (nSPS) is 12.1. The van der Waals surface area contributed by atoms with Crippen LogP contribution in [0.2, 0.25) is 0 Å². The van der Waals surface area contributed by atoms with E-state index in [1.807, 2.05) is 26.0 Å². The Balaban J connectivity index is 1.97. The predicted octanol–water partition coefficient (Wildman–Crippen LogP) is 1.31. The molecule has 1 heterocycles. The van der Waals surface area contributed by atoms with Gasteiger partial charge >= 0.3 is 0 Å². The standard InChI is InChI=1S/C15H21N5O/c1-3-14(12-6-4-11(2)5-7-12)17-15(21)10-20-9-13(8-16)18-19-20/h4-7,9,14H,3,8,10,16H2,1-2H3,(H,17,21). The number of carbonyl (C=O) groups is 1. The van der Waals surface area contributed by atoms with Crippen LogP contribution in [-0.4, -0.2) is 20.9 Å². The SMILES string of the molecule is CCC(NC(=O)Cn1cc(CN)nn1)c1ccc(C)cc1. The summed E-state index contributed by atoms with van der Waals surface area (Å²) in [5.41, 5.74) is 8.46. The molecule has 2 rings (SSSR count). The quantitative estimate of drug-likeness (QED) is 0.839. The second-order valence-electron chi connectivity index (χ2n) is 5.05.